The van der Waals surface area contributed by atoms with Crippen LogP contribution >= 0.6 is 0 Å². The van der Waals surface area contributed by atoms with Crippen LogP contribution in [0.15, 0.2) is 0 Å². The second kappa shape index (κ2) is 4.07. The second-order valence-corrected chi connectivity index (χ2v) is 3.69. The van der Waals surface area contributed by atoms with E-state index in [0.29, 0.717) is 12.6 Å². The van der Waals surface area contributed by atoms with E-state index < -0.39 is 0 Å². The van der Waals surface area contributed by atoms with Crippen LogP contribution in [-0.2, 0) is 9.53 Å². The Morgan fingerprint density at radius 3 is 3.15 bits per heavy atom. The van der Waals surface area contributed by atoms with Crippen molar-refractivity contribution in [2.24, 2.45) is 0 Å². The van der Waals surface area contributed by atoms with Crippen LogP contribution in [0.5, 0.6) is 0 Å². The molecular formula is C9H16N2O2. The van der Waals surface area contributed by atoms with Gasteiger partial charge in [-0.25, -0.2) is 0 Å². The van der Waals surface area contributed by atoms with E-state index in [2.05, 4.69) is 10.2 Å². The Kier molecular flexibility index (Phi) is 2.80. The van der Waals surface area contributed by atoms with Crippen molar-refractivity contribution in [1.29, 1.82) is 0 Å². The van der Waals surface area contributed by atoms with Crippen molar-refractivity contribution < 1.29 is 9.53 Å². The largest absolute Gasteiger partial charge is 0.380 e. The minimum Gasteiger partial charge on any atom is -0.380 e. The summed E-state index contributed by atoms with van der Waals surface area (Å²) in [5, 5.41) is 2.83. The van der Waals surface area contributed by atoms with Gasteiger partial charge in [0.15, 0.2) is 0 Å². The van der Waals surface area contributed by atoms with E-state index in [1.54, 1.807) is 0 Å². The van der Waals surface area contributed by atoms with Gasteiger partial charge in [-0.15, -0.1) is 0 Å². The summed E-state index contributed by atoms with van der Waals surface area (Å²) < 4.78 is 5.40. The van der Waals surface area contributed by atoms with Crippen LogP contribution in [0.25, 0.3) is 0 Å². The number of carbonyl (C=O) groups excluding carboxylic acids is 1. The maximum absolute atomic E-state index is 11.1. The summed E-state index contributed by atoms with van der Waals surface area (Å²) in [6, 6.07) is 0.472. The first-order valence-corrected chi connectivity index (χ1v) is 4.95. The smallest absolute Gasteiger partial charge is 0.234 e. The molecule has 0 aromatic heterocycles. The molecule has 1 atom stereocenters. The lowest BCUT2D eigenvalue weighted by Crippen LogP contribution is -2.53. The molecule has 1 unspecified atom stereocenters. The molecule has 1 amide bonds. The lowest BCUT2D eigenvalue weighted by atomic mass is 10.1. The Morgan fingerprint density at radius 2 is 2.46 bits per heavy atom. The van der Waals surface area contributed by atoms with Gasteiger partial charge in [-0.1, -0.05) is 0 Å². The number of ether oxygens (including phenoxy) is 1. The van der Waals surface area contributed by atoms with Crippen LogP contribution in [0.3, 0.4) is 0 Å². The summed E-state index contributed by atoms with van der Waals surface area (Å²) in [4.78, 5) is 13.4. The first kappa shape index (κ1) is 8.97. The zero-order chi connectivity index (χ0) is 9.10. The Morgan fingerprint density at radius 1 is 1.54 bits per heavy atom. The molecule has 0 bridgehead atoms. The Hall–Kier alpha value is -0.610. The van der Waals surface area contributed by atoms with Gasteiger partial charge in [0.05, 0.1) is 13.2 Å². The predicted octanol–water partition coefficient (Wildman–Crippen LogP) is -0.403. The minimum atomic E-state index is 0.150. The topological polar surface area (TPSA) is 41.6 Å². The molecule has 4 nitrogen and oxygen atoms in total. The van der Waals surface area contributed by atoms with Crippen LogP contribution in [0.2, 0.25) is 0 Å². The maximum Gasteiger partial charge on any atom is 0.234 e. The second-order valence-electron chi connectivity index (χ2n) is 3.69. The molecule has 2 heterocycles. The molecule has 0 radical (unpaired) electrons. The van der Waals surface area contributed by atoms with Crippen molar-refractivity contribution in [3.63, 3.8) is 0 Å². The fourth-order valence-corrected chi connectivity index (χ4v) is 1.98. The number of piperazine rings is 1. The van der Waals surface area contributed by atoms with E-state index in [1.807, 2.05) is 0 Å². The standard InChI is InChI=1S/C9H16N2O2/c12-9-6-11(4-3-10-9)8-2-1-5-13-7-8/h8H,1-7H2,(H,10,12). The third-order valence-corrected chi connectivity index (χ3v) is 2.72. The van der Waals surface area contributed by atoms with Gasteiger partial charge in [0.2, 0.25) is 5.91 Å². The molecule has 0 aromatic carbocycles. The summed E-state index contributed by atoms with van der Waals surface area (Å²) >= 11 is 0. The van der Waals surface area contributed by atoms with Gasteiger partial charge in [-0.2, -0.15) is 0 Å². The average molecular weight is 184 g/mol. The predicted molar refractivity (Wildman–Crippen MR) is 48.4 cm³/mol. The van der Waals surface area contributed by atoms with Gasteiger partial charge in [0, 0.05) is 25.7 Å². The van der Waals surface area contributed by atoms with Crippen LogP contribution in [0.1, 0.15) is 12.8 Å². The molecule has 2 fully saturated rings. The van der Waals surface area contributed by atoms with Crippen molar-refractivity contribution in [1.82, 2.24) is 10.2 Å². The monoisotopic (exact) mass is 184 g/mol. The highest BCUT2D eigenvalue weighted by molar-refractivity contribution is 5.78. The molecule has 2 aliphatic heterocycles. The van der Waals surface area contributed by atoms with Crippen molar-refractivity contribution in [3.05, 3.63) is 0 Å². The number of nitrogens with one attached hydrogen (secondary N) is 1. The zero-order valence-electron chi connectivity index (χ0n) is 7.79. The summed E-state index contributed by atoms with van der Waals surface area (Å²) in [5.41, 5.74) is 0. The lowest BCUT2D eigenvalue weighted by molar-refractivity contribution is -0.126. The molecule has 4 heteroatoms. The Balaban J connectivity index is 1.87. The fourth-order valence-electron chi connectivity index (χ4n) is 1.98. The quantitative estimate of drug-likeness (QED) is 0.603. The molecule has 0 aliphatic carbocycles. The molecule has 0 saturated carbocycles. The number of rotatable bonds is 1. The van der Waals surface area contributed by atoms with E-state index >= 15 is 0 Å². The number of amides is 1. The highest BCUT2D eigenvalue weighted by atomic mass is 16.5. The molecule has 1 N–H and O–H groups in total. The molecule has 0 spiro atoms. The van der Waals surface area contributed by atoms with Crippen molar-refractivity contribution in [2.75, 3.05) is 32.8 Å². The molecule has 2 rings (SSSR count). The van der Waals surface area contributed by atoms with Crippen molar-refractivity contribution >= 4 is 5.91 Å². The van der Waals surface area contributed by atoms with E-state index in [0.717, 1.165) is 32.7 Å². The molecular weight excluding hydrogens is 168 g/mol. The molecule has 13 heavy (non-hydrogen) atoms. The first-order chi connectivity index (χ1) is 6.36. The van der Waals surface area contributed by atoms with Gasteiger partial charge in [0.25, 0.3) is 0 Å². The third-order valence-electron chi connectivity index (χ3n) is 2.72. The van der Waals surface area contributed by atoms with Gasteiger partial charge in [-0.3, -0.25) is 9.69 Å². The van der Waals surface area contributed by atoms with Crippen molar-refractivity contribution in [3.8, 4) is 0 Å². The van der Waals surface area contributed by atoms with Crippen molar-refractivity contribution in [2.45, 2.75) is 18.9 Å². The number of carbonyl (C=O) groups is 1. The first-order valence-electron chi connectivity index (χ1n) is 4.95. The maximum atomic E-state index is 11.1. The molecule has 2 aliphatic rings. The van der Waals surface area contributed by atoms with Gasteiger partial charge in [0.1, 0.15) is 0 Å². The van der Waals surface area contributed by atoms with E-state index in [4.69, 9.17) is 4.74 Å². The SMILES string of the molecule is O=C1CN(C2CCCOC2)CCN1. The van der Waals surface area contributed by atoms with Crippen LogP contribution < -0.4 is 5.32 Å². The van der Waals surface area contributed by atoms with Gasteiger partial charge in [-0.05, 0) is 12.8 Å². The Bertz CT molecular complexity index is 190. The fraction of sp³-hybridized carbons (Fsp3) is 0.889. The highest BCUT2D eigenvalue weighted by Gasteiger charge is 2.25. The normalized spacial score (nSPS) is 31.4. The number of nitrogens with zero attached hydrogens (tertiary/aromatic N) is 1. The van der Waals surface area contributed by atoms with Crippen LogP contribution in [0, 0.1) is 0 Å². The zero-order valence-corrected chi connectivity index (χ0v) is 7.79. The summed E-state index contributed by atoms with van der Waals surface area (Å²) in [6.07, 6.45) is 2.30. The van der Waals surface area contributed by atoms with E-state index in [1.165, 1.54) is 6.42 Å². The molecule has 74 valence electrons. The highest BCUT2D eigenvalue weighted by Crippen LogP contribution is 2.13. The van der Waals surface area contributed by atoms with E-state index in [9.17, 15) is 4.79 Å². The number of hydrogen-bond acceptors (Lipinski definition) is 3. The summed E-state index contributed by atoms with van der Waals surface area (Å²) in [6.45, 7) is 3.99. The number of hydrogen-bond donors (Lipinski definition) is 1. The minimum absolute atomic E-state index is 0.150. The van der Waals surface area contributed by atoms with Gasteiger partial charge >= 0.3 is 0 Å². The van der Waals surface area contributed by atoms with Crippen LogP contribution in [0.4, 0.5) is 0 Å². The molecule has 0 aromatic rings. The Labute approximate surface area is 78.2 Å². The third kappa shape index (κ3) is 2.19. The van der Waals surface area contributed by atoms with E-state index in [-0.39, 0.29) is 5.91 Å². The van der Waals surface area contributed by atoms with Gasteiger partial charge < -0.3 is 10.1 Å². The van der Waals surface area contributed by atoms with Crippen LogP contribution in [-0.4, -0.2) is 49.7 Å². The summed E-state index contributed by atoms with van der Waals surface area (Å²) in [5.74, 6) is 0.150. The summed E-state index contributed by atoms with van der Waals surface area (Å²) in [7, 11) is 0. The average Bonchev–Trinajstić information content (AvgIpc) is 2.19. The lowest BCUT2D eigenvalue weighted by Gasteiger charge is -2.36. The molecule has 2 saturated heterocycles.